The summed E-state index contributed by atoms with van der Waals surface area (Å²) < 4.78 is 52.9. The molecule has 24 heavy (non-hydrogen) atoms. The summed E-state index contributed by atoms with van der Waals surface area (Å²) in [4.78, 5) is 14.8. The van der Waals surface area contributed by atoms with Crippen molar-refractivity contribution in [2.75, 3.05) is 40.3 Å². The fraction of sp³-hybridized carbons (Fsp3) is 0.533. The van der Waals surface area contributed by atoms with Gasteiger partial charge in [-0.3, -0.25) is 9.69 Å². The van der Waals surface area contributed by atoms with Crippen molar-refractivity contribution in [2.24, 2.45) is 0 Å². The Morgan fingerprint density at radius 1 is 1.17 bits per heavy atom. The zero-order chi connectivity index (χ0) is 18.1. The Hall–Kier alpha value is -1.58. The SMILES string of the molecule is C[C@@H](C(=O)N(C)C)N1CCN(S(=O)(=O)c2ccc(F)cc2F)CC1. The van der Waals surface area contributed by atoms with Crippen LogP contribution in [0.1, 0.15) is 6.92 Å². The van der Waals surface area contributed by atoms with Crippen LogP contribution in [-0.4, -0.2) is 74.7 Å². The number of nitrogens with zero attached hydrogens (tertiary/aromatic N) is 3. The average molecular weight is 361 g/mol. The normalized spacial score (nSPS) is 18.4. The van der Waals surface area contributed by atoms with E-state index in [4.69, 9.17) is 0 Å². The van der Waals surface area contributed by atoms with Crippen LogP contribution >= 0.6 is 0 Å². The molecule has 1 saturated heterocycles. The molecule has 9 heteroatoms. The molecule has 0 aromatic heterocycles. The van der Waals surface area contributed by atoms with Gasteiger partial charge in [0.05, 0.1) is 6.04 Å². The first-order valence-corrected chi connectivity index (χ1v) is 8.99. The molecule has 0 bridgehead atoms. The minimum absolute atomic E-state index is 0.0594. The second kappa shape index (κ2) is 7.12. The van der Waals surface area contributed by atoms with Gasteiger partial charge in [-0.1, -0.05) is 0 Å². The molecule has 1 aliphatic rings. The molecule has 2 rings (SSSR count). The van der Waals surface area contributed by atoms with Gasteiger partial charge in [-0.2, -0.15) is 4.31 Å². The van der Waals surface area contributed by atoms with Gasteiger partial charge in [-0.15, -0.1) is 0 Å². The van der Waals surface area contributed by atoms with E-state index in [1.165, 1.54) is 4.90 Å². The van der Waals surface area contributed by atoms with Crippen molar-refractivity contribution in [2.45, 2.75) is 17.9 Å². The van der Waals surface area contributed by atoms with Gasteiger partial charge >= 0.3 is 0 Å². The largest absolute Gasteiger partial charge is 0.347 e. The first-order valence-electron chi connectivity index (χ1n) is 7.55. The predicted molar refractivity (Wildman–Crippen MR) is 84.8 cm³/mol. The summed E-state index contributed by atoms with van der Waals surface area (Å²) in [5.74, 6) is -1.99. The lowest BCUT2D eigenvalue weighted by Crippen LogP contribution is -2.54. The van der Waals surface area contributed by atoms with E-state index < -0.39 is 26.6 Å². The van der Waals surface area contributed by atoms with Gasteiger partial charge in [-0.05, 0) is 19.1 Å². The number of amides is 1. The quantitative estimate of drug-likeness (QED) is 0.794. The molecule has 0 aliphatic carbocycles. The van der Waals surface area contributed by atoms with E-state index in [-0.39, 0.29) is 25.0 Å². The minimum Gasteiger partial charge on any atom is -0.347 e. The monoisotopic (exact) mass is 361 g/mol. The second-order valence-corrected chi connectivity index (χ2v) is 7.83. The first-order chi connectivity index (χ1) is 11.1. The van der Waals surface area contributed by atoms with Gasteiger partial charge in [0.25, 0.3) is 0 Å². The van der Waals surface area contributed by atoms with E-state index in [0.717, 1.165) is 16.4 Å². The maximum atomic E-state index is 13.8. The zero-order valence-corrected chi connectivity index (χ0v) is 14.7. The molecule has 0 spiro atoms. The molecule has 1 atom stereocenters. The standard InChI is InChI=1S/C15H21F2N3O3S/c1-11(15(21)18(2)3)19-6-8-20(9-7-19)24(22,23)14-5-4-12(16)10-13(14)17/h4-5,10-11H,6-9H2,1-3H3/t11-/m0/s1. The number of likely N-dealkylation sites (N-methyl/N-ethyl adjacent to an activating group) is 1. The average Bonchev–Trinajstić information content (AvgIpc) is 2.53. The molecule has 6 nitrogen and oxygen atoms in total. The molecule has 134 valence electrons. The van der Waals surface area contributed by atoms with Crippen molar-refractivity contribution in [3.05, 3.63) is 29.8 Å². The summed E-state index contributed by atoms with van der Waals surface area (Å²) in [6.45, 7) is 2.78. The van der Waals surface area contributed by atoms with Crippen LogP contribution < -0.4 is 0 Å². The van der Waals surface area contributed by atoms with Crippen molar-refractivity contribution < 1.29 is 22.0 Å². The van der Waals surface area contributed by atoms with Crippen LogP contribution in [0.3, 0.4) is 0 Å². The maximum absolute atomic E-state index is 13.8. The Morgan fingerprint density at radius 2 is 1.75 bits per heavy atom. The molecule has 1 heterocycles. The molecule has 1 aliphatic heterocycles. The lowest BCUT2D eigenvalue weighted by molar-refractivity contribution is -0.134. The topological polar surface area (TPSA) is 60.9 Å². The molecular formula is C15H21F2N3O3S. The summed E-state index contributed by atoms with van der Waals surface area (Å²) in [5, 5.41) is 0. The molecule has 0 saturated carbocycles. The lowest BCUT2D eigenvalue weighted by atomic mass is 10.2. The molecule has 1 aromatic carbocycles. The second-order valence-electron chi connectivity index (χ2n) is 5.92. The summed E-state index contributed by atoms with van der Waals surface area (Å²) >= 11 is 0. The Bertz CT molecular complexity index is 717. The molecule has 0 unspecified atom stereocenters. The van der Waals surface area contributed by atoms with E-state index in [2.05, 4.69) is 0 Å². The molecule has 1 aromatic rings. The Morgan fingerprint density at radius 3 is 2.25 bits per heavy atom. The summed E-state index contributed by atoms with van der Waals surface area (Å²) in [6, 6.07) is 2.06. The Kier molecular flexibility index (Phi) is 5.56. The van der Waals surface area contributed by atoms with Crippen LogP contribution in [0.15, 0.2) is 23.1 Å². The van der Waals surface area contributed by atoms with Gasteiger partial charge in [0.15, 0.2) is 0 Å². The zero-order valence-electron chi connectivity index (χ0n) is 13.9. The number of sulfonamides is 1. The lowest BCUT2D eigenvalue weighted by Gasteiger charge is -2.37. The third kappa shape index (κ3) is 3.73. The van der Waals surface area contributed by atoms with Crippen LogP contribution in [0.2, 0.25) is 0 Å². The summed E-state index contributed by atoms with van der Waals surface area (Å²) in [6.07, 6.45) is 0. The van der Waals surface area contributed by atoms with E-state index in [9.17, 15) is 22.0 Å². The third-order valence-electron chi connectivity index (χ3n) is 4.13. The number of carbonyl (C=O) groups excluding carboxylic acids is 1. The highest BCUT2D eigenvalue weighted by atomic mass is 32.2. The first kappa shape index (κ1) is 18.8. The van der Waals surface area contributed by atoms with Gasteiger partial charge < -0.3 is 4.90 Å². The molecular weight excluding hydrogens is 340 g/mol. The molecule has 0 radical (unpaired) electrons. The highest BCUT2D eigenvalue weighted by Crippen LogP contribution is 2.22. The molecule has 0 N–H and O–H groups in total. The molecule has 1 fully saturated rings. The fourth-order valence-corrected chi connectivity index (χ4v) is 4.15. The maximum Gasteiger partial charge on any atom is 0.246 e. The van der Waals surface area contributed by atoms with Gasteiger partial charge in [0.1, 0.15) is 16.5 Å². The van der Waals surface area contributed by atoms with Crippen LogP contribution in [-0.2, 0) is 14.8 Å². The predicted octanol–water partition coefficient (Wildman–Crippen LogP) is 0.748. The smallest absolute Gasteiger partial charge is 0.246 e. The summed E-state index contributed by atoms with van der Waals surface area (Å²) in [5.41, 5.74) is 0. The van der Waals surface area contributed by atoms with Gasteiger partial charge in [0.2, 0.25) is 15.9 Å². The number of benzene rings is 1. The van der Waals surface area contributed by atoms with Crippen LogP contribution in [0.25, 0.3) is 0 Å². The van der Waals surface area contributed by atoms with Crippen molar-refractivity contribution in [3.63, 3.8) is 0 Å². The van der Waals surface area contributed by atoms with Gasteiger partial charge in [0, 0.05) is 46.3 Å². The number of piperazine rings is 1. The van der Waals surface area contributed by atoms with Crippen molar-refractivity contribution >= 4 is 15.9 Å². The van der Waals surface area contributed by atoms with Crippen molar-refractivity contribution in [1.82, 2.24) is 14.1 Å². The van der Waals surface area contributed by atoms with E-state index >= 15 is 0 Å². The number of halogens is 2. The van der Waals surface area contributed by atoms with Crippen molar-refractivity contribution in [1.29, 1.82) is 0 Å². The third-order valence-corrected chi connectivity index (χ3v) is 6.06. The van der Waals surface area contributed by atoms with E-state index in [0.29, 0.717) is 19.2 Å². The molecule has 1 amide bonds. The highest BCUT2D eigenvalue weighted by Gasteiger charge is 2.33. The van der Waals surface area contributed by atoms with Crippen LogP contribution in [0, 0.1) is 11.6 Å². The van der Waals surface area contributed by atoms with Crippen LogP contribution in [0.4, 0.5) is 8.78 Å². The van der Waals surface area contributed by atoms with Crippen LogP contribution in [0.5, 0.6) is 0 Å². The number of rotatable bonds is 4. The number of hydrogen-bond donors (Lipinski definition) is 0. The number of carbonyl (C=O) groups is 1. The Labute approximate surface area is 140 Å². The highest BCUT2D eigenvalue weighted by molar-refractivity contribution is 7.89. The fourth-order valence-electron chi connectivity index (χ4n) is 2.68. The van der Waals surface area contributed by atoms with Gasteiger partial charge in [-0.25, -0.2) is 17.2 Å². The Balaban J connectivity index is 2.10. The number of hydrogen-bond acceptors (Lipinski definition) is 4. The van der Waals surface area contributed by atoms with E-state index in [1.54, 1.807) is 21.0 Å². The van der Waals surface area contributed by atoms with Crippen molar-refractivity contribution in [3.8, 4) is 0 Å². The summed E-state index contributed by atoms with van der Waals surface area (Å²) in [7, 11) is -0.698. The van der Waals surface area contributed by atoms with E-state index in [1.807, 2.05) is 4.90 Å². The minimum atomic E-state index is -4.03.